The summed E-state index contributed by atoms with van der Waals surface area (Å²) >= 11 is 3.94. The van der Waals surface area contributed by atoms with Gasteiger partial charge in [0.25, 0.3) is 5.91 Å². The molecule has 1 atom stereocenters. The van der Waals surface area contributed by atoms with Crippen molar-refractivity contribution < 1.29 is 19.0 Å². The minimum atomic E-state index is -0.236. The van der Waals surface area contributed by atoms with E-state index in [-0.39, 0.29) is 18.6 Å². The number of amides is 1. The molecular formula is C21H25NO4S2. The van der Waals surface area contributed by atoms with Crippen LogP contribution in [0.4, 0.5) is 0 Å². The third-order valence-electron chi connectivity index (χ3n) is 4.42. The van der Waals surface area contributed by atoms with Crippen LogP contribution in [0.25, 0.3) is 0 Å². The standard InChI is InChI=1S/C21H25NO4S2/c1-14(18-12-17(24-2)8-9-19(18)25-3)22-20(23)13-26-16-6-4-15(5-7-16)21-27-10-11-28-21/h4-9,12,14,21H,10-11,13H2,1-3H3,(H,22,23)/t14-/m0/s1. The van der Waals surface area contributed by atoms with E-state index < -0.39 is 0 Å². The zero-order valence-corrected chi connectivity index (χ0v) is 17.9. The maximum atomic E-state index is 12.3. The highest BCUT2D eigenvalue weighted by Crippen LogP contribution is 2.45. The van der Waals surface area contributed by atoms with Gasteiger partial charge in [-0.05, 0) is 42.8 Å². The summed E-state index contributed by atoms with van der Waals surface area (Å²) in [6.07, 6.45) is 0. The van der Waals surface area contributed by atoms with E-state index in [1.807, 2.05) is 60.8 Å². The molecule has 2 aromatic rings. The molecule has 1 saturated heterocycles. The van der Waals surface area contributed by atoms with Crippen molar-refractivity contribution in [3.05, 3.63) is 53.6 Å². The Bertz CT molecular complexity index is 791. The van der Waals surface area contributed by atoms with Crippen molar-refractivity contribution in [2.24, 2.45) is 0 Å². The van der Waals surface area contributed by atoms with Crippen LogP contribution in [-0.2, 0) is 4.79 Å². The molecule has 1 aliphatic rings. The number of methoxy groups -OCH3 is 2. The second kappa shape index (κ2) is 9.98. The van der Waals surface area contributed by atoms with Gasteiger partial charge in [-0.3, -0.25) is 4.79 Å². The average Bonchev–Trinajstić information content (AvgIpc) is 3.27. The molecule has 3 rings (SSSR count). The highest BCUT2D eigenvalue weighted by atomic mass is 32.2. The van der Waals surface area contributed by atoms with Gasteiger partial charge in [0.05, 0.1) is 24.8 Å². The summed E-state index contributed by atoms with van der Waals surface area (Å²) in [4.78, 5) is 12.3. The SMILES string of the molecule is COc1ccc(OC)c([C@H](C)NC(=O)COc2ccc(C3SCCS3)cc2)c1. The van der Waals surface area contributed by atoms with Gasteiger partial charge in [-0.1, -0.05) is 12.1 Å². The predicted octanol–water partition coefficient (Wildman–Crippen LogP) is 4.44. The van der Waals surface area contributed by atoms with Gasteiger partial charge in [0.15, 0.2) is 6.61 Å². The molecule has 5 nitrogen and oxygen atoms in total. The van der Waals surface area contributed by atoms with Crippen LogP contribution in [0.5, 0.6) is 17.2 Å². The molecule has 0 saturated carbocycles. The van der Waals surface area contributed by atoms with Crippen LogP contribution in [0.3, 0.4) is 0 Å². The Balaban J connectivity index is 1.54. The maximum Gasteiger partial charge on any atom is 0.258 e. The fourth-order valence-electron chi connectivity index (χ4n) is 2.96. The second-order valence-electron chi connectivity index (χ2n) is 6.33. The van der Waals surface area contributed by atoms with E-state index in [1.165, 1.54) is 17.1 Å². The number of carbonyl (C=O) groups excluding carboxylic acids is 1. The number of hydrogen-bond acceptors (Lipinski definition) is 6. The monoisotopic (exact) mass is 419 g/mol. The Morgan fingerprint density at radius 3 is 2.39 bits per heavy atom. The van der Waals surface area contributed by atoms with Gasteiger partial charge in [0.2, 0.25) is 0 Å². The highest BCUT2D eigenvalue weighted by Gasteiger charge is 2.18. The van der Waals surface area contributed by atoms with Crippen LogP contribution >= 0.6 is 23.5 Å². The zero-order chi connectivity index (χ0) is 19.9. The summed E-state index contributed by atoms with van der Waals surface area (Å²) in [7, 11) is 3.22. The van der Waals surface area contributed by atoms with E-state index in [1.54, 1.807) is 14.2 Å². The fourth-order valence-corrected chi connectivity index (χ4v) is 5.82. The van der Waals surface area contributed by atoms with E-state index in [0.717, 1.165) is 5.56 Å². The van der Waals surface area contributed by atoms with E-state index in [4.69, 9.17) is 14.2 Å². The Hall–Kier alpha value is -1.99. The third-order valence-corrected chi connectivity index (χ3v) is 7.53. The molecule has 150 valence electrons. The van der Waals surface area contributed by atoms with Crippen LogP contribution in [0.1, 0.15) is 28.7 Å². The number of benzene rings is 2. The van der Waals surface area contributed by atoms with Gasteiger partial charge in [-0.15, -0.1) is 23.5 Å². The first kappa shape index (κ1) is 20.7. The van der Waals surface area contributed by atoms with Crippen molar-refractivity contribution in [3.8, 4) is 17.2 Å². The summed E-state index contributed by atoms with van der Waals surface area (Å²) in [5.74, 6) is 4.31. The molecule has 7 heteroatoms. The summed E-state index contributed by atoms with van der Waals surface area (Å²) in [6.45, 7) is 1.86. The van der Waals surface area contributed by atoms with E-state index in [2.05, 4.69) is 17.4 Å². The Kier molecular flexibility index (Phi) is 7.39. The first-order valence-corrected chi connectivity index (χ1v) is 11.2. The topological polar surface area (TPSA) is 56.8 Å². The second-order valence-corrected chi connectivity index (χ2v) is 9.05. The summed E-state index contributed by atoms with van der Waals surface area (Å²) in [5.41, 5.74) is 2.15. The normalized spacial score (nSPS) is 15.1. The van der Waals surface area contributed by atoms with Crippen molar-refractivity contribution >= 4 is 29.4 Å². The van der Waals surface area contributed by atoms with Crippen molar-refractivity contribution in [1.82, 2.24) is 5.32 Å². The molecule has 0 radical (unpaired) electrons. The number of hydrogen-bond donors (Lipinski definition) is 1. The lowest BCUT2D eigenvalue weighted by Gasteiger charge is -2.18. The molecule has 0 aliphatic carbocycles. The van der Waals surface area contributed by atoms with Crippen LogP contribution in [-0.4, -0.2) is 38.2 Å². The maximum absolute atomic E-state index is 12.3. The van der Waals surface area contributed by atoms with Crippen molar-refractivity contribution in [2.75, 3.05) is 32.3 Å². The summed E-state index contributed by atoms with van der Waals surface area (Å²) in [5, 5.41) is 2.94. The van der Waals surface area contributed by atoms with Crippen LogP contribution in [0, 0.1) is 0 Å². The lowest BCUT2D eigenvalue weighted by atomic mass is 10.1. The van der Waals surface area contributed by atoms with Gasteiger partial charge in [-0.2, -0.15) is 0 Å². The fraction of sp³-hybridized carbons (Fsp3) is 0.381. The molecule has 0 bridgehead atoms. The molecule has 1 heterocycles. The Labute approximate surface area is 174 Å². The minimum Gasteiger partial charge on any atom is -0.497 e. The number of rotatable bonds is 8. The Morgan fingerprint density at radius 1 is 1.07 bits per heavy atom. The highest BCUT2D eigenvalue weighted by molar-refractivity contribution is 8.19. The molecule has 0 aromatic heterocycles. The number of thioether (sulfide) groups is 2. The third kappa shape index (κ3) is 5.29. The van der Waals surface area contributed by atoms with Crippen molar-refractivity contribution in [2.45, 2.75) is 17.5 Å². The number of carbonyl (C=O) groups is 1. The lowest BCUT2D eigenvalue weighted by molar-refractivity contribution is -0.123. The van der Waals surface area contributed by atoms with Crippen LogP contribution in [0.15, 0.2) is 42.5 Å². The van der Waals surface area contributed by atoms with Crippen molar-refractivity contribution in [1.29, 1.82) is 0 Å². The van der Waals surface area contributed by atoms with Gasteiger partial charge in [-0.25, -0.2) is 0 Å². The molecule has 1 amide bonds. The summed E-state index contributed by atoms with van der Waals surface area (Å²) < 4.78 is 16.8. The van der Waals surface area contributed by atoms with Crippen LogP contribution in [0.2, 0.25) is 0 Å². The molecular weight excluding hydrogens is 394 g/mol. The predicted molar refractivity (Wildman–Crippen MR) is 116 cm³/mol. The smallest absolute Gasteiger partial charge is 0.258 e. The minimum absolute atomic E-state index is 0.0388. The van der Waals surface area contributed by atoms with Gasteiger partial charge in [0, 0.05) is 17.1 Å². The number of ether oxygens (including phenoxy) is 3. The van der Waals surface area contributed by atoms with E-state index in [9.17, 15) is 4.79 Å². The average molecular weight is 420 g/mol. The number of nitrogens with one attached hydrogen (secondary N) is 1. The Morgan fingerprint density at radius 2 is 1.75 bits per heavy atom. The summed E-state index contributed by atoms with van der Waals surface area (Å²) in [6, 6.07) is 13.3. The van der Waals surface area contributed by atoms with Gasteiger partial charge >= 0.3 is 0 Å². The molecule has 28 heavy (non-hydrogen) atoms. The van der Waals surface area contributed by atoms with E-state index in [0.29, 0.717) is 21.8 Å². The van der Waals surface area contributed by atoms with Crippen molar-refractivity contribution in [3.63, 3.8) is 0 Å². The lowest BCUT2D eigenvalue weighted by Crippen LogP contribution is -2.31. The molecule has 1 fully saturated rings. The largest absolute Gasteiger partial charge is 0.497 e. The molecule has 0 unspecified atom stereocenters. The molecule has 1 N–H and O–H groups in total. The quantitative estimate of drug-likeness (QED) is 0.683. The molecule has 0 spiro atoms. The van der Waals surface area contributed by atoms with Crippen LogP contribution < -0.4 is 19.5 Å². The first-order chi connectivity index (χ1) is 13.6. The van der Waals surface area contributed by atoms with Gasteiger partial charge < -0.3 is 19.5 Å². The first-order valence-electron chi connectivity index (χ1n) is 9.08. The van der Waals surface area contributed by atoms with Gasteiger partial charge in [0.1, 0.15) is 17.2 Å². The molecule has 2 aromatic carbocycles. The molecule has 1 aliphatic heterocycles. The van der Waals surface area contributed by atoms with E-state index >= 15 is 0 Å². The zero-order valence-electron chi connectivity index (χ0n) is 16.3.